The molecule has 2 unspecified atom stereocenters. The van der Waals surface area contributed by atoms with E-state index in [-0.39, 0.29) is 6.04 Å². The third-order valence-corrected chi connectivity index (χ3v) is 4.14. The van der Waals surface area contributed by atoms with Crippen LogP contribution in [0.3, 0.4) is 0 Å². The Hall–Kier alpha value is -1.61. The highest BCUT2D eigenvalue weighted by Crippen LogP contribution is 2.39. The van der Waals surface area contributed by atoms with Crippen LogP contribution in [-0.4, -0.2) is 12.0 Å². The summed E-state index contributed by atoms with van der Waals surface area (Å²) in [5.74, 6) is 1.45. The van der Waals surface area contributed by atoms with E-state index < -0.39 is 0 Å². The molecular weight excluding hydrogens is 236 g/mol. The van der Waals surface area contributed by atoms with Gasteiger partial charge in [0.15, 0.2) is 0 Å². The van der Waals surface area contributed by atoms with Crippen molar-refractivity contribution >= 4 is 0 Å². The summed E-state index contributed by atoms with van der Waals surface area (Å²) in [5, 5.41) is 3.42. The van der Waals surface area contributed by atoms with Crippen LogP contribution in [0.4, 0.5) is 0 Å². The minimum Gasteiger partial charge on any atom is -0.467 e. The zero-order valence-electron chi connectivity index (χ0n) is 11.5. The van der Waals surface area contributed by atoms with Crippen LogP contribution < -0.4 is 5.32 Å². The highest BCUT2D eigenvalue weighted by molar-refractivity contribution is 5.30. The van der Waals surface area contributed by atoms with Crippen molar-refractivity contribution in [2.24, 2.45) is 0 Å². The van der Waals surface area contributed by atoms with Crippen molar-refractivity contribution < 1.29 is 4.42 Å². The van der Waals surface area contributed by atoms with Gasteiger partial charge in [-0.1, -0.05) is 6.07 Å². The van der Waals surface area contributed by atoms with E-state index in [0.29, 0.717) is 5.92 Å². The fourth-order valence-corrected chi connectivity index (χ4v) is 3.19. The number of aryl methyl sites for hydroxylation is 2. The van der Waals surface area contributed by atoms with Gasteiger partial charge in [-0.3, -0.25) is 4.98 Å². The van der Waals surface area contributed by atoms with Crippen molar-refractivity contribution in [3.63, 3.8) is 0 Å². The summed E-state index contributed by atoms with van der Waals surface area (Å²) in [7, 11) is 2.00. The second-order valence-electron chi connectivity index (χ2n) is 5.28. The Morgan fingerprint density at radius 1 is 1.42 bits per heavy atom. The molecule has 0 amide bonds. The van der Waals surface area contributed by atoms with Crippen molar-refractivity contribution in [3.8, 4) is 0 Å². The van der Waals surface area contributed by atoms with Gasteiger partial charge in [0.1, 0.15) is 5.76 Å². The quantitative estimate of drug-likeness (QED) is 0.915. The molecule has 2 aromatic heterocycles. The van der Waals surface area contributed by atoms with E-state index in [2.05, 4.69) is 23.3 Å². The lowest BCUT2D eigenvalue weighted by molar-refractivity contribution is 0.350. The Balaban J connectivity index is 2.00. The summed E-state index contributed by atoms with van der Waals surface area (Å²) in [5.41, 5.74) is 3.84. The lowest BCUT2D eigenvalue weighted by Gasteiger charge is -2.30. The first-order valence-corrected chi connectivity index (χ1v) is 6.96. The molecular formula is C16H20N2O. The van der Waals surface area contributed by atoms with Crippen LogP contribution in [0.15, 0.2) is 35.1 Å². The van der Waals surface area contributed by atoms with Gasteiger partial charge >= 0.3 is 0 Å². The van der Waals surface area contributed by atoms with E-state index in [9.17, 15) is 0 Å². The highest BCUT2D eigenvalue weighted by atomic mass is 16.3. The van der Waals surface area contributed by atoms with Crippen molar-refractivity contribution in [1.82, 2.24) is 10.3 Å². The van der Waals surface area contributed by atoms with Crippen LogP contribution in [0.1, 0.15) is 47.4 Å². The normalized spacial score (nSPS) is 20.0. The second kappa shape index (κ2) is 5.17. The number of nitrogens with one attached hydrogen (secondary N) is 1. The molecule has 2 aromatic rings. The van der Waals surface area contributed by atoms with Gasteiger partial charge in [0.05, 0.1) is 12.3 Å². The molecule has 2 atom stereocenters. The third-order valence-electron chi connectivity index (χ3n) is 4.14. The number of pyridine rings is 1. The molecule has 0 aromatic carbocycles. The van der Waals surface area contributed by atoms with Crippen molar-refractivity contribution in [2.75, 3.05) is 7.05 Å². The number of aromatic nitrogens is 1. The standard InChI is InChI=1S/C16H20N2O/c1-11-8-10-19-16(11)15(17-2)13-7-3-5-12-6-4-9-18-14(12)13/h4,6,8-10,13,15,17H,3,5,7H2,1-2H3. The van der Waals surface area contributed by atoms with Gasteiger partial charge in [-0.25, -0.2) is 0 Å². The van der Waals surface area contributed by atoms with Gasteiger partial charge in [-0.2, -0.15) is 0 Å². The minimum absolute atomic E-state index is 0.212. The summed E-state index contributed by atoms with van der Waals surface area (Å²) >= 11 is 0. The molecule has 100 valence electrons. The number of hydrogen-bond donors (Lipinski definition) is 1. The number of nitrogens with zero attached hydrogens (tertiary/aromatic N) is 1. The maximum Gasteiger partial charge on any atom is 0.124 e. The maximum atomic E-state index is 5.70. The van der Waals surface area contributed by atoms with E-state index in [0.717, 1.165) is 18.6 Å². The summed E-state index contributed by atoms with van der Waals surface area (Å²) in [4.78, 5) is 4.63. The number of fused-ring (bicyclic) bond motifs is 1. The Labute approximate surface area is 114 Å². The van der Waals surface area contributed by atoms with E-state index in [4.69, 9.17) is 4.42 Å². The second-order valence-corrected chi connectivity index (χ2v) is 5.28. The monoisotopic (exact) mass is 256 g/mol. The first-order chi connectivity index (χ1) is 9.31. The van der Waals surface area contributed by atoms with Crippen molar-refractivity contribution in [1.29, 1.82) is 0 Å². The summed E-state index contributed by atoms with van der Waals surface area (Å²) < 4.78 is 5.70. The van der Waals surface area contributed by atoms with Gasteiger partial charge in [-0.15, -0.1) is 0 Å². The number of likely N-dealkylation sites (N-methyl/N-ethyl adjacent to an activating group) is 1. The van der Waals surface area contributed by atoms with Gasteiger partial charge in [0.2, 0.25) is 0 Å². The van der Waals surface area contributed by atoms with E-state index in [1.807, 2.05) is 25.4 Å². The predicted molar refractivity (Wildman–Crippen MR) is 75.2 cm³/mol. The molecule has 2 heterocycles. The molecule has 3 rings (SSSR count). The smallest absolute Gasteiger partial charge is 0.124 e. The molecule has 0 bridgehead atoms. The Kier molecular flexibility index (Phi) is 3.38. The largest absolute Gasteiger partial charge is 0.467 e. The molecule has 0 saturated carbocycles. The first kappa shape index (κ1) is 12.4. The molecule has 1 N–H and O–H groups in total. The molecule has 1 aliphatic carbocycles. The van der Waals surface area contributed by atoms with Crippen LogP contribution >= 0.6 is 0 Å². The average molecular weight is 256 g/mol. The molecule has 0 spiro atoms. The topological polar surface area (TPSA) is 38.1 Å². The zero-order chi connectivity index (χ0) is 13.2. The summed E-state index contributed by atoms with van der Waals surface area (Å²) in [6, 6.07) is 6.48. The van der Waals surface area contributed by atoms with Gasteiger partial charge < -0.3 is 9.73 Å². The number of hydrogen-bond acceptors (Lipinski definition) is 3. The molecule has 0 fully saturated rings. The highest BCUT2D eigenvalue weighted by Gasteiger charge is 2.31. The van der Waals surface area contributed by atoms with Crippen molar-refractivity contribution in [3.05, 3.63) is 53.2 Å². The van der Waals surface area contributed by atoms with E-state index in [1.54, 1.807) is 6.26 Å². The summed E-state index contributed by atoms with van der Waals surface area (Å²) in [6.07, 6.45) is 7.21. The Morgan fingerprint density at radius 3 is 3.05 bits per heavy atom. The minimum atomic E-state index is 0.212. The van der Waals surface area contributed by atoms with E-state index >= 15 is 0 Å². The summed E-state index contributed by atoms with van der Waals surface area (Å²) in [6.45, 7) is 2.10. The molecule has 3 heteroatoms. The van der Waals surface area contributed by atoms with Crippen LogP contribution in [0, 0.1) is 6.92 Å². The fraction of sp³-hybridized carbons (Fsp3) is 0.438. The fourth-order valence-electron chi connectivity index (χ4n) is 3.19. The molecule has 0 radical (unpaired) electrons. The van der Waals surface area contributed by atoms with Gasteiger partial charge in [-0.05, 0) is 56.5 Å². The van der Waals surface area contributed by atoms with Crippen LogP contribution in [0.25, 0.3) is 0 Å². The average Bonchev–Trinajstić information content (AvgIpc) is 2.86. The SMILES string of the molecule is CNC(c1occc1C)C1CCCc2cccnc21. The van der Waals surface area contributed by atoms with Crippen LogP contribution in [-0.2, 0) is 6.42 Å². The van der Waals surface area contributed by atoms with Crippen molar-refractivity contribution in [2.45, 2.75) is 38.1 Å². The lowest BCUT2D eigenvalue weighted by Crippen LogP contribution is -2.27. The number of rotatable bonds is 3. The number of furan rings is 1. The first-order valence-electron chi connectivity index (χ1n) is 6.96. The van der Waals surface area contributed by atoms with Crippen LogP contribution in [0.5, 0.6) is 0 Å². The van der Waals surface area contributed by atoms with Gasteiger partial charge in [0.25, 0.3) is 0 Å². The molecule has 3 nitrogen and oxygen atoms in total. The predicted octanol–water partition coefficient (Wildman–Crippen LogP) is 3.36. The maximum absolute atomic E-state index is 5.70. The molecule has 19 heavy (non-hydrogen) atoms. The lowest BCUT2D eigenvalue weighted by atomic mass is 9.80. The van der Waals surface area contributed by atoms with Gasteiger partial charge in [0, 0.05) is 17.8 Å². The Bertz CT molecular complexity index is 561. The van der Waals surface area contributed by atoms with E-state index in [1.165, 1.54) is 23.2 Å². The zero-order valence-corrected chi connectivity index (χ0v) is 11.5. The molecule has 0 aliphatic heterocycles. The molecule has 0 saturated heterocycles. The third kappa shape index (κ3) is 2.19. The Morgan fingerprint density at radius 2 is 2.32 bits per heavy atom. The van der Waals surface area contributed by atoms with Crippen LogP contribution in [0.2, 0.25) is 0 Å². The molecule has 1 aliphatic rings.